The molecule has 1 aliphatic rings. The number of rotatable bonds is 5. The fraction of sp³-hybridized carbons (Fsp3) is 0.846. The molecule has 1 N–H and O–H groups in total. The predicted molar refractivity (Wildman–Crippen MR) is 66.6 cm³/mol. The zero-order chi connectivity index (χ0) is 11.3. The van der Waals surface area contributed by atoms with Crippen LogP contribution in [-0.4, -0.2) is 23.1 Å². The highest BCUT2D eigenvalue weighted by molar-refractivity contribution is 4.79. The van der Waals surface area contributed by atoms with Crippen molar-refractivity contribution in [2.24, 2.45) is 0 Å². The molecule has 1 heterocycles. The van der Waals surface area contributed by atoms with Crippen LogP contribution in [0.3, 0.4) is 0 Å². The minimum Gasteiger partial charge on any atom is -0.252 e. The lowest BCUT2D eigenvalue weighted by Gasteiger charge is -2.40. The lowest BCUT2D eigenvalue weighted by Crippen LogP contribution is -2.54. The number of nitrogens with zero attached hydrogens (tertiary/aromatic N) is 1. The molecular weight excluding hydrogens is 184 g/mol. The number of hydrazine groups is 1. The van der Waals surface area contributed by atoms with Gasteiger partial charge in [0.1, 0.15) is 0 Å². The third-order valence-electron chi connectivity index (χ3n) is 3.37. The normalized spacial score (nSPS) is 30.1. The zero-order valence-corrected chi connectivity index (χ0v) is 10.5. The first-order chi connectivity index (χ1) is 7.15. The third kappa shape index (κ3) is 3.96. The maximum atomic E-state index is 3.77. The van der Waals surface area contributed by atoms with E-state index in [0.717, 1.165) is 6.42 Å². The van der Waals surface area contributed by atoms with Gasteiger partial charge in [0, 0.05) is 18.1 Å². The quantitative estimate of drug-likeness (QED) is 0.701. The van der Waals surface area contributed by atoms with Crippen LogP contribution < -0.4 is 5.43 Å². The fourth-order valence-electron chi connectivity index (χ4n) is 2.36. The van der Waals surface area contributed by atoms with E-state index >= 15 is 0 Å². The van der Waals surface area contributed by atoms with Gasteiger partial charge in [-0.3, -0.25) is 5.43 Å². The highest BCUT2D eigenvalue weighted by atomic mass is 15.5. The van der Waals surface area contributed by atoms with Crippen molar-refractivity contribution < 1.29 is 0 Å². The van der Waals surface area contributed by atoms with Crippen molar-refractivity contribution in [3.8, 4) is 0 Å². The lowest BCUT2D eigenvalue weighted by atomic mass is 9.99. The van der Waals surface area contributed by atoms with E-state index in [-0.39, 0.29) is 0 Å². The van der Waals surface area contributed by atoms with Gasteiger partial charge >= 0.3 is 0 Å². The lowest BCUT2D eigenvalue weighted by molar-refractivity contribution is 0.0311. The fourth-order valence-corrected chi connectivity index (χ4v) is 2.36. The second-order valence-corrected chi connectivity index (χ2v) is 4.93. The van der Waals surface area contributed by atoms with Crippen LogP contribution in [0.25, 0.3) is 0 Å². The molecule has 0 saturated carbocycles. The summed E-state index contributed by atoms with van der Waals surface area (Å²) in [6.07, 6.45) is 8.31. The Morgan fingerprint density at radius 3 is 2.53 bits per heavy atom. The Bertz CT molecular complexity index is 181. The van der Waals surface area contributed by atoms with Gasteiger partial charge in [0.15, 0.2) is 0 Å². The highest BCUT2D eigenvalue weighted by Crippen LogP contribution is 2.20. The standard InChI is InChI=1S/C13H26N2/c1-5-6-8-11(2)14-15-12(3)9-7-10-13(15)4/h5,11-14H,1,6-10H2,2-4H3. The largest absolute Gasteiger partial charge is 0.252 e. The molecular formula is C13H26N2. The zero-order valence-electron chi connectivity index (χ0n) is 10.5. The van der Waals surface area contributed by atoms with E-state index < -0.39 is 0 Å². The molecule has 2 heteroatoms. The molecule has 0 aromatic rings. The summed E-state index contributed by atoms with van der Waals surface area (Å²) in [5, 5.41) is 2.46. The molecule has 0 amide bonds. The van der Waals surface area contributed by atoms with Crippen molar-refractivity contribution >= 4 is 0 Å². The van der Waals surface area contributed by atoms with Crippen molar-refractivity contribution in [1.82, 2.24) is 10.4 Å². The summed E-state index contributed by atoms with van der Waals surface area (Å²) in [6, 6.07) is 1.92. The van der Waals surface area contributed by atoms with E-state index in [2.05, 4.69) is 37.8 Å². The monoisotopic (exact) mass is 210 g/mol. The molecule has 15 heavy (non-hydrogen) atoms. The number of nitrogens with one attached hydrogen (secondary N) is 1. The molecule has 0 radical (unpaired) electrons. The smallest absolute Gasteiger partial charge is 0.0218 e. The predicted octanol–water partition coefficient (Wildman–Crippen LogP) is 3.11. The molecule has 2 nitrogen and oxygen atoms in total. The summed E-state index contributed by atoms with van der Waals surface area (Å²) in [4.78, 5) is 0. The molecule has 0 bridgehead atoms. The van der Waals surface area contributed by atoms with E-state index in [9.17, 15) is 0 Å². The number of hydrogen-bond acceptors (Lipinski definition) is 2. The minimum absolute atomic E-state index is 0.561. The van der Waals surface area contributed by atoms with Crippen molar-refractivity contribution in [2.45, 2.75) is 71.0 Å². The van der Waals surface area contributed by atoms with Gasteiger partial charge in [-0.25, -0.2) is 5.01 Å². The van der Waals surface area contributed by atoms with Crippen molar-refractivity contribution in [2.75, 3.05) is 0 Å². The molecule has 88 valence electrons. The van der Waals surface area contributed by atoms with Crippen LogP contribution in [0, 0.1) is 0 Å². The second kappa shape index (κ2) is 6.29. The van der Waals surface area contributed by atoms with Crippen LogP contribution in [0.4, 0.5) is 0 Å². The minimum atomic E-state index is 0.561. The van der Waals surface area contributed by atoms with E-state index in [1.54, 1.807) is 0 Å². The van der Waals surface area contributed by atoms with E-state index in [1.165, 1.54) is 25.7 Å². The number of piperidine rings is 1. The van der Waals surface area contributed by atoms with E-state index in [1.807, 2.05) is 6.08 Å². The topological polar surface area (TPSA) is 15.3 Å². The van der Waals surface area contributed by atoms with Gasteiger partial charge in [0.05, 0.1) is 0 Å². The molecule has 0 spiro atoms. The summed E-state index contributed by atoms with van der Waals surface area (Å²) < 4.78 is 0. The van der Waals surface area contributed by atoms with E-state index in [0.29, 0.717) is 18.1 Å². The molecule has 3 atom stereocenters. The first-order valence-corrected chi connectivity index (χ1v) is 6.30. The van der Waals surface area contributed by atoms with Gasteiger partial charge < -0.3 is 0 Å². The highest BCUT2D eigenvalue weighted by Gasteiger charge is 2.25. The molecule has 0 aromatic heterocycles. The number of hydrogen-bond donors (Lipinski definition) is 1. The van der Waals surface area contributed by atoms with Crippen LogP contribution in [0.1, 0.15) is 52.9 Å². The van der Waals surface area contributed by atoms with Gasteiger partial charge in [0.25, 0.3) is 0 Å². The average molecular weight is 210 g/mol. The van der Waals surface area contributed by atoms with Gasteiger partial charge in [-0.1, -0.05) is 12.5 Å². The summed E-state index contributed by atoms with van der Waals surface area (Å²) in [5.41, 5.74) is 3.64. The second-order valence-electron chi connectivity index (χ2n) is 4.93. The molecule has 1 saturated heterocycles. The Kier molecular flexibility index (Phi) is 5.34. The van der Waals surface area contributed by atoms with Crippen LogP contribution in [0.2, 0.25) is 0 Å². The Hall–Kier alpha value is -0.340. The van der Waals surface area contributed by atoms with Crippen LogP contribution in [0.15, 0.2) is 12.7 Å². The molecule has 0 aromatic carbocycles. The van der Waals surface area contributed by atoms with Gasteiger partial charge in [0.2, 0.25) is 0 Å². The van der Waals surface area contributed by atoms with Gasteiger partial charge in [-0.15, -0.1) is 6.58 Å². The Morgan fingerprint density at radius 1 is 1.40 bits per heavy atom. The van der Waals surface area contributed by atoms with E-state index in [4.69, 9.17) is 0 Å². The van der Waals surface area contributed by atoms with Crippen LogP contribution in [0.5, 0.6) is 0 Å². The van der Waals surface area contributed by atoms with Crippen molar-refractivity contribution in [3.05, 3.63) is 12.7 Å². The van der Waals surface area contributed by atoms with Crippen LogP contribution in [-0.2, 0) is 0 Å². The summed E-state index contributed by atoms with van der Waals surface area (Å²) in [5.74, 6) is 0. The number of allylic oxidation sites excluding steroid dienone is 1. The Balaban J connectivity index is 2.36. The van der Waals surface area contributed by atoms with Gasteiger partial charge in [-0.2, -0.15) is 0 Å². The third-order valence-corrected chi connectivity index (χ3v) is 3.37. The first kappa shape index (κ1) is 12.7. The SMILES string of the molecule is C=CCCC(C)NN1C(C)CCCC1C. The summed E-state index contributed by atoms with van der Waals surface area (Å²) in [6.45, 7) is 10.7. The molecule has 0 aliphatic carbocycles. The molecule has 3 unspecified atom stereocenters. The van der Waals surface area contributed by atoms with Crippen molar-refractivity contribution in [1.29, 1.82) is 0 Å². The van der Waals surface area contributed by atoms with Crippen molar-refractivity contribution in [3.63, 3.8) is 0 Å². The molecule has 1 aliphatic heterocycles. The maximum Gasteiger partial charge on any atom is 0.0218 e. The molecule has 1 rings (SSSR count). The average Bonchev–Trinajstić information content (AvgIpc) is 2.21. The van der Waals surface area contributed by atoms with Crippen LogP contribution >= 0.6 is 0 Å². The summed E-state index contributed by atoms with van der Waals surface area (Å²) in [7, 11) is 0. The molecule has 1 fully saturated rings. The Labute approximate surface area is 94.7 Å². The maximum absolute atomic E-state index is 3.77. The Morgan fingerprint density at radius 2 is 2.00 bits per heavy atom. The van der Waals surface area contributed by atoms with Gasteiger partial charge in [-0.05, 0) is 46.5 Å². The first-order valence-electron chi connectivity index (χ1n) is 6.30. The summed E-state index contributed by atoms with van der Waals surface area (Å²) >= 11 is 0.